The summed E-state index contributed by atoms with van der Waals surface area (Å²) in [5.74, 6) is 0.461. The van der Waals surface area contributed by atoms with Crippen molar-refractivity contribution in [1.82, 2.24) is 9.21 Å². The number of rotatable bonds is 3. The van der Waals surface area contributed by atoms with E-state index in [4.69, 9.17) is 0 Å². The normalized spacial score (nSPS) is 24.2. The highest BCUT2D eigenvalue weighted by Gasteiger charge is 2.28. The minimum atomic E-state index is -3.02. The summed E-state index contributed by atoms with van der Waals surface area (Å²) in [6, 6.07) is 0. The summed E-state index contributed by atoms with van der Waals surface area (Å²) >= 11 is 0. The van der Waals surface area contributed by atoms with Crippen molar-refractivity contribution in [3.63, 3.8) is 0 Å². The van der Waals surface area contributed by atoms with Crippen LogP contribution in [0.15, 0.2) is 0 Å². The lowest BCUT2D eigenvalue weighted by molar-refractivity contribution is 0.124. The van der Waals surface area contributed by atoms with Crippen molar-refractivity contribution < 1.29 is 8.42 Å². The van der Waals surface area contributed by atoms with Gasteiger partial charge < -0.3 is 4.90 Å². The van der Waals surface area contributed by atoms with Gasteiger partial charge in [-0.05, 0) is 46.6 Å². The standard InChI is InChI=1S/C12H26N2O2S/c1-12(2,3)13(4)9-11-7-6-8-14(10-11)17(5,15)16/h11H,6-10H2,1-5H3/t11-/m0/s1. The van der Waals surface area contributed by atoms with E-state index in [9.17, 15) is 8.42 Å². The predicted molar refractivity (Wildman–Crippen MR) is 71.5 cm³/mol. The Labute approximate surface area is 106 Å². The minimum absolute atomic E-state index is 0.146. The Balaban J connectivity index is 2.57. The molecule has 102 valence electrons. The number of sulfonamides is 1. The first-order valence-electron chi connectivity index (χ1n) is 6.27. The van der Waals surface area contributed by atoms with Gasteiger partial charge in [-0.2, -0.15) is 0 Å². The van der Waals surface area contributed by atoms with Crippen LogP contribution in [0.3, 0.4) is 0 Å². The van der Waals surface area contributed by atoms with Gasteiger partial charge in [0.2, 0.25) is 10.0 Å². The highest BCUT2D eigenvalue weighted by atomic mass is 32.2. The van der Waals surface area contributed by atoms with Crippen molar-refractivity contribution in [3.05, 3.63) is 0 Å². The topological polar surface area (TPSA) is 40.6 Å². The molecule has 0 spiro atoms. The monoisotopic (exact) mass is 262 g/mol. The van der Waals surface area contributed by atoms with E-state index in [1.165, 1.54) is 6.26 Å². The third-order valence-corrected chi connectivity index (χ3v) is 4.90. The van der Waals surface area contributed by atoms with Crippen LogP contribution in [0.25, 0.3) is 0 Å². The minimum Gasteiger partial charge on any atom is -0.301 e. The molecule has 0 saturated carbocycles. The van der Waals surface area contributed by atoms with Gasteiger partial charge in [0.05, 0.1) is 6.26 Å². The second kappa shape index (κ2) is 5.24. The smallest absolute Gasteiger partial charge is 0.211 e. The molecule has 0 bridgehead atoms. The second-order valence-corrected chi connectivity index (χ2v) is 8.16. The quantitative estimate of drug-likeness (QED) is 0.772. The highest BCUT2D eigenvalue weighted by Crippen LogP contribution is 2.22. The van der Waals surface area contributed by atoms with Crippen LogP contribution in [0, 0.1) is 5.92 Å². The van der Waals surface area contributed by atoms with Crippen LogP contribution in [0.5, 0.6) is 0 Å². The van der Waals surface area contributed by atoms with Crippen LogP contribution in [0.1, 0.15) is 33.6 Å². The fourth-order valence-electron chi connectivity index (χ4n) is 2.14. The highest BCUT2D eigenvalue weighted by molar-refractivity contribution is 7.88. The molecule has 1 aliphatic heterocycles. The largest absolute Gasteiger partial charge is 0.301 e. The Bertz CT molecular complexity index is 346. The molecule has 5 heteroatoms. The van der Waals surface area contributed by atoms with Crippen molar-refractivity contribution in [2.45, 2.75) is 39.2 Å². The molecular formula is C12H26N2O2S. The second-order valence-electron chi connectivity index (χ2n) is 6.18. The van der Waals surface area contributed by atoms with Crippen molar-refractivity contribution in [2.24, 2.45) is 5.92 Å². The zero-order valence-electron chi connectivity index (χ0n) is 11.7. The summed E-state index contributed by atoms with van der Waals surface area (Å²) in [5, 5.41) is 0. The molecular weight excluding hydrogens is 236 g/mol. The van der Waals surface area contributed by atoms with E-state index in [-0.39, 0.29) is 5.54 Å². The molecule has 0 radical (unpaired) electrons. The zero-order chi connectivity index (χ0) is 13.3. The Morgan fingerprint density at radius 3 is 2.41 bits per heavy atom. The number of hydrogen-bond donors (Lipinski definition) is 0. The van der Waals surface area contributed by atoms with E-state index in [1.807, 2.05) is 0 Å². The number of hydrogen-bond acceptors (Lipinski definition) is 3. The molecule has 4 nitrogen and oxygen atoms in total. The van der Waals surface area contributed by atoms with E-state index >= 15 is 0 Å². The molecule has 0 aromatic rings. The van der Waals surface area contributed by atoms with E-state index in [2.05, 4.69) is 32.7 Å². The fraction of sp³-hybridized carbons (Fsp3) is 1.00. The first-order valence-corrected chi connectivity index (χ1v) is 8.12. The van der Waals surface area contributed by atoms with Gasteiger partial charge in [0.1, 0.15) is 0 Å². The van der Waals surface area contributed by atoms with Crippen LogP contribution in [0.4, 0.5) is 0 Å². The van der Waals surface area contributed by atoms with Gasteiger partial charge in [-0.25, -0.2) is 12.7 Å². The van der Waals surface area contributed by atoms with Crippen LogP contribution in [-0.2, 0) is 10.0 Å². The SMILES string of the molecule is CN(C[C@@H]1CCCN(S(C)(=O)=O)C1)C(C)(C)C. The average molecular weight is 262 g/mol. The van der Waals surface area contributed by atoms with Gasteiger partial charge in [0.15, 0.2) is 0 Å². The summed E-state index contributed by atoms with van der Waals surface area (Å²) in [6.07, 6.45) is 3.42. The lowest BCUT2D eigenvalue weighted by Crippen LogP contribution is -2.46. The Hall–Kier alpha value is -0.130. The van der Waals surface area contributed by atoms with Gasteiger partial charge in [0, 0.05) is 25.2 Å². The van der Waals surface area contributed by atoms with E-state index in [1.54, 1.807) is 4.31 Å². The van der Waals surface area contributed by atoms with Crippen LogP contribution in [0.2, 0.25) is 0 Å². The lowest BCUT2D eigenvalue weighted by Gasteiger charge is -2.38. The Morgan fingerprint density at radius 2 is 1.94 bits per heavy atom. The maximum atomic E-state index is 11.5. The third kappa shape index (κ3) is 4.56. The Kier molecular flexibility index (Phi) is 4.60. The van der Waals surface area contributed by atoms with Gasteiger partial charge >= 0.3 is 0 Å². The van der Waals surface area contributed by atoms with Gasteiger partial charge in [-0.1, -0.05) is 0 Å². The molecule has 17 heavy (non-hydrogen) atoms. The molecule has 0 N–H and O–H groups in total. The van der Waals surface area contributed by atoms with Crippen LogP contribution in [-0.4, -0.2) is 56.1 Å². The molecule has 1 saturated heterocycles. The van der Waals surface area contributed by atoms with Crippen LogP contribution < -0.4 is 0 Å². The first-order chi connectivity index (χ1) is 7.60. The number of nitrogens with zero attached hydrogens (tertiary/aromatic N) is 2. The van der Waals surface area contributed by atoms with E-state index in [0.29, 0.717) is 19.0 Å². The summed E-state index contributed by atoms with van der Waals surface area (Å²) in [4.78, 5) is 2.31. The van der Waals surface area contributed by atoms with Gasteiger partial charge in [-0.15, -0.1) is 0 Å². The summed E-state index contributed by atoms with van der Waals surface area (Å²) in [5.41, 5.74) is 0.146. The van der Waals surface area contributed by atoms with Crippen molar-refractivity contribution in [3.8, 4) is 0 Å². The molecule has 1 heterocycles. The molecule has 0 aromatic carbocycles. The summed E-state index contributed by atoms with van der Waals surface area (Å²) < 4.78 is 24.7. The van der Waals surface area contributed by atoms with Crippen molar-refractivity contribution in [2.75, 3.05) is 32.9 Å². The Morgan fingerprint density at radius 1 is 1.35 bits per heavy atom. The van der Waals surface area contributed by atoms with Gasteiger partial charge in [0.25, 0.3) is 0 Å². The molecule has 0 aliphatic carbocycles. The number of piperidine rings is 1. The maximum absolute atomic E-state index is 11.5. The van der Waals surface area contributed by atoms with Crippen molar-refractivity contribution >= 4 is 10.0 Å². The predicted octanol–water partition coefficient (Wildman–Crippen LogP) is 1.39. The first kappa shape index (κ1) is 14.9. The molecule has 0 amide bonds. The molecule has 1 atom stereocenters. The lowest BCUT2D eigenvalue weighted by atomic mass is 9.97. The molecule has 0 aromatic heterocycles. The molecule has 1 fully saturated rings. The summed E-state index contributed by atoms with van der Waals surface area (Å²) in [6.45, 7) is 8.89. The van der Waals surface area contributed by atoms with E-state index in [0.717, 1.165) is 19.4 Å². The zero-order valence-corrected chi connectivity index (χ0v) is 12.5. The van der Waals surface area contributed by atoms with Gasteiger partial charge in [-0.3, -0.25) is 0 Å². The van der Waals surface area contributed by atoms with E-state index < -0.39 is 10.0 Å². The fourth-order valence-corrected chi connectivity index (χ4v) is 3.08. The molecule has 1 rings (SSSR count). The third-order valence-electron chi connectivity index (χ3n) is 3.63. The average Bonchev–Trinajstić information content (AvgIpc) is 2.15. The molecule has 1 aliphatic rings. The molecule has 0 unspecified atom stereocenters. The summed E-state index contributed by atoms with van der Waals surface area (Å²) in [7, 11) is -0.905. The van der Waals surface area contributed by atoms with Crippen LogP contribution >= 0.6 is 0 Å². The van der Waals surface area contributed by atoms with Crippen molar-refractivity contribution in [1.29, 1.82) is 0 Å². The maximum Gasteiger partial charge on any atom is 0.211 e.